The topological polar surface area (TPSA) is 28.4 Å². The zero-order chi connectivity index (χ0) is 13.9. The van der Waals surface area contributed by atoms with Gasteiger partial charge in [-0.3, -0.25) is 4.90 Å². The minimum Gasteiger partial charge on any atom is -0.468 e. The quantitative estimate of drug-likeness (QED) is 0.855. The molecule has 19 heavy (non-hydrogen) atoms. The molecule has 0 aliphatic carbocycles. The molecule has 1 aromatic rings. The van der Waals surface area contributed by atoms with E-state index in [0.717, 1.165) is 25.4 Å². The first-order chi connectivity index (χ1) is 8.96. The average Bonchev–Trinajstić information content (AvgIpc) is 2.86. The van der Waals surface area contributed by atoms with Gasteiger partial charge >= 0.3 is 0 Å². The van der Waals surface area contributed by atoms with Gasteiger partial charge < -0.3 is 9.73 Å². The van der Waals surface area contributed by atoms with Crippen molar-refractivity contribution in [1.29, 1.82) is 0 Å². The highest BCUT2D eigenvalue weighted by Gasteiger charge is 2.29. The summed E-state index contributed by atoms with van der Waals surface area (Å²) in [5, 5.41) is 3.46. The van der Waals surface area contributed by atoms with Gasteiger partial charge in [0.15, 0.2) is 0 Å². The fourth-order valence-corrected chi connectivity index (χ4v) is 2.74. The first-order valence-electron chi connectivity index (χ1n) is 7.44. The molecule has 0 unspecified atom stereocenters. The molecular weight excluding hydrogens is 236 g/mol. The number of hydrogen-bond acceptors (Lipinski definition) is 3. The summed E-state index contributed by atoms with van der Waals surface area (Å²) in [4.78, 5) is 2.54. The molecule has 0 radical (unpaired) electrons. The summed E-state index contributed by atoms with van der Waals surface area (Å²) in [7, 11) is 0. The lowest BCUT2D eigenvalue weighted by Gasteiger charge is -2.19. The highest BCUT2D eigenvalue weighted by molar-refractivity contribution is 5.17. The standard InChI is InChI=1S/C16H28N2O/c1-13(2)9-17-10-15-14(5-8-19-15)11-18-7-6-16(3,4)12-18/h5,8,13,17H,6-7,9-12H2,1-4H3. The van der Waals surface area contributed by atoms with Gasteiger partial charge in [0.25, 0.3) is 0 Å². The molecule has 1 saturated heterocycles. The van der Waals surface area contributed by atoms with Gasteiger partial charge in [-0.1, -0.05) is 27.7 Å². The van der Waals surface area contributed by atoms with E-state index in [1.165, 1.54) is 25.1 Å². The van der Waals surface area contributed by atoms with Crippen LogP contribution in [0.3, 0.4) is 0 Å². The monoisotopic (exact) mass is 264 g/mol. The van der Waals surface area contributed by atoms with Gasteiger partial charge in [-0.15, -0.1) is 0 Å². The largest absolute Gasteiger partial charge is 0.468 e. The van der Waals surface area contributed by atoms with E-state index in [4.69, 9.17) is 4.42 Å². The lowest BCUT2D eigenvalue weighted by molar-refractivity contribution is 0.282. The second-order valence-electron chi connectivity index (χ2n) is 7.02. The molecule has 0 spiro atoms. The van der Waals surface area contributed by atoms with E-state index in [2.05, 4.69) is 44.0 Å². The fraction of sp³-hybridized carbons (Fsp3) is 0.750. The highest BCUT2D eigenvalue weighted by Crippen LogP contribution is 2.30. The number of hydrogen-bond donors (Lipinski definition) is 1. The van der Waals surface area contributed by atoms with Crippen molar-refractivity contribution in [2.24, 2.45) is 11.3 Å². The minimum absolute atomic E-state index is 0.472. The fourth-order valence-electron chi connectivity index (χ4n) is 2.74. The van der Waals surface area contributed by atoms with Crippen molar-refractivity contribution in [3.63, 3.8) is 0 Å². The van der Waals surface area contributed by atoms with Crippen molar-refractivity contribution in [3.8, 4) is 0 Å². The molecule has 1 aromatic heterocycles. The lowest BCUT2D eigenvalue weighted by atomic mass is 9.93. The second-order valence-corrected chi connectivity index (χ2v) is 7.02. The molecule has 0 bridgehead atoms. The number of likely N-dealkylation sites (tertiary alicyclic amines) is 1. The third kappa shape index (κ3) is 4.36. The van der Waals surface area contributed by atoms with Crippen molar-refractivity contribution in [1.82, 2.24) is 10.2 Å². The van der Waals surface area contributed by atoms with E-state index >= 15 is 0 Å². The molecule has 3 heteroatoms. The minimum atomic E-state index is 0.472. The van der Waals surface area contributed by atoms with E-state index in [-0.39, 0.29) is 0 Å². The molecule has 0 aromatic carbocycles. The number of rotatable bonds is 6. The van der Waals surface area contributed by atoms with Gasteiger partial charge in [0.05, 0.1) is 12.8 Å². The Morgan fingerprint density at radius 2 is 2.21 bits per heavy atom. The summed E-state index contributed by atoms with van der Waals surface area (Å²) in [5.74, 6) is 1.78. The smallest absolute Gasteiger partial charge is 0.122 e. The molecule has 2 rings (SSSR count). The number of furan rings is 1. The normalized spacial score (nSPS) is 19.4. The molecule has 0 saturated carbocycles. The van der Waals surface area contributed by atoms with Crippen LogP contribution in [-0.4, -0.2) is 24.5 Å². The lowest BCUT2D eigenvalue weighted by Crippen LogP contribution is -2.24. The Bertz CT molecular complexity index is 395. The summed E-state index contributed by atoms with van der Waals surface area (Å²) in [6, 6.07) is 2.12. The van der Waals surface area contributed by atoms with Crippen molar-refractivity contribution in [2.45, 2.75) is 47.2 Å². The number of nitrogens with zero attached hydrogens (tertiary/aromatic N) is 1. The second kappa shape index (κ2) is 6.10. The summed E-state index contributed by atoms with van der Waals surface area (Å²) < 4.78 is 5.62. The summed E-state index contributed by atoms with van der Waals surface area (Å²) in [6.07, 6.45) is 3.12. The van der Waals surface area contributed by atoms with Gasteiger partial charge in [0.1, 0.15) is 5.76 Å². The van der Waals surface area contributed by atoms with Crippen molar-refractivity contribution in [3.05, 3.63) is 23.7 Å². The Kier molecular flexibility index (Phi) is 4.69. The predicted molar refractivity (Wildman–Crippen MR) is 78.9 cm³/mol. The Hall–Kier alpha value is -0.800. The Labute approximate surface area is 117 Å². The summed E-state index contributed by atoms with van der Waals surface area (Å²) in [5.41, 5.74) is 1.81. The van der Waals surface area contributed by atoms with Crippen LogP contribution in [0.2, 0.25) is 0 Å². The van der Waals surface area contributed by atoms with Gasteiger partial charge in [-0.05, 0) is 36.9 Å². The van der Waals surface area contributed by atoms with Gasteiger partial charge in [0, 0.05) is 18.7 Å². The van der Waals surface area contributed by atoms with Gasteiger partial charge in [-0.2, -0.15) is 0 Å². The van der Waals surface area contributed by atoms with Crippen molar-refractivity contribution >= 4 is 0 Å². The molecule has 3 nitrogen and oxygen atoms in total. The molecule has 0 atom stereocenters. The maximum absolute atomic E-state index is 5.62. The van der Waals surface area contributed by atoms with Crippen LogP contribution in [0.25, 0.3) is 0 Å². The number of nitrogens with one attached hydrogen (secondary N) is 1. The molecule has 1 fully saturated rings. The maximum atomic E-state index is 5.62. The predicted octanol–water partition coefficient (Wildman–Crippen LogP) is 3.26. The summed E-state index contributed by atoms with van der Waals surface area (Å²) in [6.45, 7) is 14.5. The molecule has 1 N–H and O–H groups in total. The molecule has 1 aliphatic heterocycles. The van der Waals surface area contributed by atoms with Crippen molar-refractivity contribution < 1.29 is 4.42 Å². The van der Waals surface area contributed by atoms with Crippen molar-refractivity contribution in [2.75, 3.05) is 19.6 Å². The molecular formula is C16H28N2O. The zero-order valence-electron chi connectivity index (χ0n) is 12.8. The van der Waals surface area contributed by atoms with E-state index < -0.39 is 0 Å². The highest BCUT2D eigenvalue weighted by atomic mass is 16.3. The maximum Gasteiger partial charge on any atom is 0.122 e. The van der Waals surface area contributed by atoms with E-state index in [0.29, 0.717) is 11.3 Å². The Balaban J connectivity index is 1.86. The van der Waals surface area contributed by atoms with Crippen LogP contribution in [0, 0.1) is 11.3 Å². The van der Waals surface area contributed by atoms with Gasteiger partial charge in [0.2, 0.25) is 0 Å². The average molecular weight is 264 g/mol. The summed E-state index contributed by atoms with van der Waals surface area (Å²) >= 11 is 0. The Morgan fingerprint density at radius 3 is 2.84 bits per heavy atom. The third-order valence-corrected chi connectivity index (χ3v) is 3.83. The van der Waals surface area contributed by atoms with Gasteiger partial charge in [-0.25, -0.2) is 0 Å². The molecule has 108 valence electrons. The van der Waals surface area contributed by atoms with Crippen LogP contribution in [0.5, 0.6) is 0 Å². The van der Waals surface area contributed by atoms with Crippen LogP contribution in [0.4, 0.5) is 0 Å². The van der Waals surface area contributed by atoms with Crippen LogP contribution < -0.4 is 5.32 Å². The first kappa shape index (κ1) is 14.6. The molecule has 2 heterocycles. The zero-order valence-corrected chi connectivity index (χ0v) is 12.8. The van der Waals surface area contributed by atoms with E-state index in [9.17, 15) is 0 Å². The van der Waals surface area contributed by atoms with E-state index in [1.807, 2.05) is 6.26 Å². The van der Waals surface area contributed by atoms with E-state index in [1.54, 1.807) is 0 Å². The Morgan fingerprint density at radius 1 is 1.42 bits per heavy atom. The SMILES string of the molecule is CC(C)CNCc1occc1CN1CCC(C)(C)C1. The van der Waals surface area contributed by atoms with Crippen LogP contribution >= 0.6 is 0 Å². The molecule has 1 aliphatic rings. The van der Waals surface area contributed by atoms with Crippen LogP contribution in [-0.2, 0) is 13.1 Å². The first-order valence-corrected chi connectivity index (χ1v) is 7.44. The molecule has 0 amide bonds. The third-order valence-electron chi connectivity index (χ3n) is 3.83. The van der Waals surface area contributed by atoms with Crippen LogP contribution in [0.1, 0.15) is 45.4 Å². The van der Waals surface area contributed by atoms with Crippen LogP contribution in [0.15, 0.2) is 16.7 Å².